The molecule has 0 aromatic heterocycles. The topological polar surface area (TPSA) is 49.4 Å². The molecule has 1 aromatic rings. The fraction of sp³-hybridized carbons (Fsp3) is 0.636. The van der Waals surface area contributed by atoms with E-state index in [9.17, 15) is 9.59 Å². The Balaban J connectivity index is 1.40. The lowest BCUT2D eigenvalue weighted by atomic mass is 9.90. The summed E-state index contributed by atoms with van der Waals surface area (Å²) in [6.45, 7) is 1.31. The average molecular weight is 389 g/mol. The Hall–Kier alpha value is -1.55. The van der Waals surface area contributed by atoms with Gasteiger partial charge in [0.1, 0.15) is 0 Å². The first kappa shape index (κ1) is 18.8. The van der Waals surface area contributed by atoms with Gasteiger partial charge in [0.15, 0.2) is 0 Å². The van der Waals surface area contributed by atoms with Crippen molar-refractivity contribution >= 4 is 23.4 Å². The number of likely N-dealkylation sites (tertiary alicyclic amines) is 1. The molecule has 3 aliphatic rings. The second-order valence-corrected chi connectivity index (χ2v) is 8.96. The number of nitrogens with zero attached hydrogens (tertiary/aromatic N) is 1. The summed E-state index contributed by atoms with van der Waals surface area (Å²) in [5.74, 6) is 0.256. The Morgan fingerprint density at radius 3 is 2.56 bits per heavy atom. The third kappa shape index (κ3) is 4.01. The first-order valence-electron chi connectivity index (χ1n) is 10.4. The van der Waals surface area contributed by atoms with Gasteiger partial charge in [-0.1, -0.05) is 43.0 Å². The number of rotatable bonds is 4. The zero-order valence-corrected chi connectivity index (χ0v) is 16.6. The van der Waals surface area contributed by atoms with E-state index in [1.54, 1.807) is 0 Å². The second-order valence-electron chi connectivity index (χ2n) is 8.53. The van der Waals surface area contributed by atoms with Gasteiger partial charge in [-0.15, -0.1) is 0 Å². The van der Waals surface area contributed by atoms with Gasteiger partial charge >= 0.3 is 0 Å². The monoisotopic (exact) mass is 388 g/mol. The number of piperidine rings is 1. The molecule has 5 heteroatoms. The van der Waals surface area contributed by atoms with Crippen LogP contribution in [0.25, 0.3) is 0 Å². The van der Waals surface area contributed by atoms with E-state index >= 15 is 0 Å². The molecule has 1 aliphatic heterocycles. The lowest BCUT2D eigenvalue weighted by Crippen LogP contribution is -2.50. The number of benzene rings is 1. The van der Waals surface area contributed by atoms with Crippen LogP contribution in [0.1, 0.15) is 63.4 Å². The van der Waals surface area contributed by atoms with Crippen LogP contribution in [0.15, 0.2) is 24.3 Å². The van der Waals surface area contributed by atoms with Crippen molar-refractivity contribution in [3.8, 4) is 0 Å². The number of hydrogen-bond acceptors (Lipinski definition) is 2. The molecule has 1 aromatic carbocycles. The normalized spacial score (nSPS) is 25.1. The van der Waals surface area contributed by atoms with Crippen LogP contribution in [0.2, 0.25) is 5.02 Å². The molecule has 4 nitrogen and oxygen atoms in total. The maximum Gasteiger partial charge on any atom is 0.233 e. The van der Waals surface area contributed by atoms with Crippen molar-refractivity contribution in [3.05, 3.63) is 34.9 Å². The molecule has 27 heavy (non-hydrogen) atoms. The maximum atomic E-state index is 13.3. The molecule has 1 unspecified atom stereocenters. The predicted octanol–water partition coefficient (Wildman–Crippen LogP) is 4.06. The van der Waals surface area contributed by atoms with Gasteiger partial charge < -0.3 is 10.2 Å². The molecule has 1 saturated heterocycles. The van der Waals surface area contributed by atoms with Gasteiger partial charge in [-0.3, -0.25) is 9.59 Å². The number of halogens is 1. The molecular weight excluding hydrogens is 360 g/mol. The minimum atomic E-state index is -0.410. The van der Waals surface area contributed by atoms with E-state index in [0.29, 0.717) is 17.6 Å². The van der Waals surface area contributed by atoms with Gasteiger partial charge in [-0.05, 0) is 56.2 Å². The Labute approximate surface area is 166 Å². The number of hydrogen-bond donors (Lipinski definition) is 1. The summed E-state index contributed by atoms with van der Waals surface area (Å²) in [6.07, 6.45) is 9.43. The van der Waals surface area contributed by atoms with Crippen LogP contribution in [0.3, 0.4) is 0 Å². The maximum absolute atomic E-state index is 13.3. The molecule has 1 N–H and O–H groups in total. The fourth-order valence-corrected chi connectivity index (χ4v) is 4.97. The quantitative estimate of drug-likeness (QED) is 0.845. The van der Waals surface area contributed by atoms with Crippen LogP contribution < -0.4 is 5.32 Å². The van der Waals surface area contributed by atoms with Gasteiger partial charge in [0, 0.05) is 24.2 Å². The van der Waals surface area contributed by atoms with E-state index < -0.39 is 5.41 Å². The Morgan fingerprint density at radius 1 is 1.07 bits per heavy atom. The van der Waals surface area contributed by atoms with Gasteiger partial charge in [0.2, 0.25) is 11.8 Å². The van der Waals surface area contributed by atoms with Crippen LogP contribution in [-0.2, 0) is 15.0 Å². The molecule has 1 heterocycles. The number of carbonyl (C=O) groups is 2. The van der Waals surface area contributed by atoms with E-state index in [4.69, 9.17) is 11.6 Å². The van der Waals surface area contributed by atoms with Gasteiger partial charge in [-0.2, -0.15) is 0 Å². The number of nitrogens with one attached hydrogen (secondary N) is 1. The second kappa shape index (κ2) is 7.83. The predicted molar refractivity (Wildman–Crippen MR) is 107 cm³/mol. The van der Waals surface area contributed by atoms with Crippen molar-refractivity contribution in [1.29, 1.82) is 0 Å². The van der Waals surface area contributed by atoms with E-state index in [1.165, 1.54) is 19.3 Å². The van der Waals surface area contributed by atoms with Gasteiger partial charge in [0.05, 0.1) is 11.3 Å². The minimum absolute atomic E-state index is 0.0696. The van der Waals surface area contributed by atoms with Crippen LogP contribution in [0, 0.1) is 5.92 Å². The van der Waals surface area contributed by atoms with Crippen molar-refractivity contribution in [2.24, 2.45) is 5.92 Å². The molecule has 0 bridgehead atoms. The van der Waals surface area contributed by atoms with Crippen LogP contribution >= 0.6 is 11.6 Å². The summed E-state index contributed by atoms with van der Waals surface area (Å²) in [7, 11) is 0. The summed E-state index contributed by atoms with van der Waals surface area (Å²) in [4.78, 5) is 28.0. The largest absolute Gasteiger partial charge is 0.353 e. The zero-order valence-electron chi connectivity index (χ0n) is 15.9. The molecular formula is C22H29ClN2O2. The van der Waals surface area contributed by atoms with E-state index in [2.05, 4.69) is 5.32 Å². The van der Waals surface area contributed by atoms with Crippen molar-refractivity contribution < 1.29 is 9.59 Å². The summed E-state index contributed by atoms with van der Waals surface area (Å²) in [5.41, 5.74) is 0.612. The van der Waals surface area contributed by atoms with E-state index in [-0.39, 0.29) is 17.7 Å². The van der Waals surface area contributed by atoms with Crippen LogP contribution in [-0.4, -0.2) is 35.8 Å². The summed E-state index contributed by atoms with van der Waals surface area (Å²) < 4.78 is 0. The summed E-state index contributed by atoms with van der Waals surface area (Å²) in [5, 5.41) is 3.92. The standard InChI is InChI=1S/C22H29ClN2O2/c23-18-8-4-7-17(14-18)22(11-12-22)21(27)25-13-5-6-16(15-25)20(26)24-19-9-2-1-3-10-19/h4,7-8,14,16,19H,1-3,5-6,9-13,15H2,(H,24,26). The lowest BCUT2D eigenvalue weighted by Gasteiger charge is -2.35. The summed E-state index contributed by atoms with van der Waals surface area (Å²) >= 11 is 6.15. The molecule has 2 aliphatic carbocycles. The molecule has 1 atom stereocenters. The third-order valence-corrected chi connectivity index (χ3v) is 6.80. The summed E-state index contributed by atoms with van der Waals surface area (Å²) in [6, 6.07) is 8.02. The first-order valence-corrected chi connectivity index (χ1v) is 10.8. The van der Waals surface area contributed by atoms with E-state index in [0.717, 1.165) is 50.6 Å². The van der Waals surface area contributed by atoms with Crippen molar-refractivity contribution in [3.63, 3.8) is 0 Å². The molecule has 0 spiro atoms. The molecule has 4 rings (SSSR count). The highest BCUT2D eigenvalue weighted by Crippen LogP contribution is 2.50. The highest BCUT2D eigenvalue weighted by atomic mass is 35.5. The fourth-order valence-electron chi connectivity index (χ4n) is 4.78. The van der Waals surface area contributed by atoms with Crippen molar-refractivity contribution in [2.45, 2.75) is 69.2 Å². The van der Waals surface area contributed by atoms with E-state index in [1.807, 2.05) is 29.2 Å². The highest BCUT2D eigenvalue weighted by Gasteiger charge is 2.53. The van der Waals surface area contributed by atoms with Gasteiger partial charge in [0.25, 0.3) is 0 Å². The average Bonchev–Trinajstić information content (AvgIpc) is 3.50. The SMILES string of the molecule is O=C(NC1CCCCC1)C1CCCN(C(=O)C2(c3cccc(Cl)c3)CC2)C1. The van der Waals surface area contributed by atoms with Gasteiger partial charge in [-0.25, -0.2) is 0 Å². The zero-order chi connectivity index (χ0) is 18.9. The molecule has 146 valence electrons. The molecule has 0 radical (unpaired) electrons. The Morgan fingerprint density at radius 2 is 1.85 bits per heavy atom. The number of amides is 2. The molecule has 2 amide bonds. The molecule has 3 fully saturated rings. The Bertz CT molecular complexity index is 710. The van der Waals surface area contributed by atoms with Crippen molar-refractivity contribution in [1.82, 2.24) is 10.2 Å². The van der Waals surface area contributed by atoms with Crippen LogP contribution in [0.4, 0.5) is 0 Å². The smallest absolute Gasteiger partial charge is 0.233 e. The third-order valence-electron chi connectivity index (χ3n) is 6.57. The van der Waals surface area contributed by atoms with Crippen LogP contribution in [0.5, 0.6) is 0 Å². The van der Waals surface area contributed by atoms with Crippen molar-refractivity contribution in [2.75, 3.05) is 13.1 Å². The molecule has 2 saturated carbocycles. The number of carbonyl (C=O) groups excluding carboxylic acids is 2. The first-order chi connectivity index (χ1) is 13.1. The lowest BCUT2D eigenvalue weighted by molar-refractivity contribution is -0.138. The highest BCUT2D eigenvalue weighted by molar-refractivity contribution is 6.30. The minimum Gasteiger partial charge on any atom is -0.353 e. The Kier molecular flexibility index (Phi) is 5.45.